The van der Waals surface area contributed by atoms with E-state index in [-0.39, 0.29) is 0 Å². The standard InChI is InChI=1S/C10H14BN/c1-2-11-8-12(9-11)10-6-4-3-5-7-10/h3-7H,2,8-9H2,1H3. The highest BCUT2D eigenvalue weighted by Crippen LogP contribution is 2.20. The highest BCUT2D eigenvalue weighted by Gasteiger charge is 2.28. The van der Waals surface area contributed by atoms with Crippen LogP contribution in [-0.2, 0) is 0 Å². The quantitative estimate of drug-likeness (QED) is 0.597. The van der Waals surface area contributed by atoms with Gasteiger partial charge in [-0.15, -0.1) is 0 Å². The molecule has 1 aromatic carbocycles. The maximum atomic E-state index is 2.44. The van der Waals surface area contributed by atoms with Gasteiger partial charge in [0.25, 0.3) is 0 Å². The molecule has 0 bridgehead atoms. The minimum atomic E-state index is 0.935. The molecule has 1 heterocycles. The van der Waals surface area contributed by atoms with Crippen molar-refractivity contribution < 1.29 is 0 Å². The molecule has 0 amide bonds. The van der Waals surface area contributed by atoms with E-state index in [1.54, 1.807) is 0 Å². The fourth-order valence-corrected chi connectivity index (χ4v) is 1.68. The Labute approximate surface area is 74.5 Å². The van der Waals surface area contributed by atoms with Gasteiger partial charge in [0.1, 0.15) is 0 Å². The molecule has 0 radical (unpaired) electrons. The van der Waals surface area contributed by atoms with Crippen molar-refractivity contribution in [2.45, 2.75) is 13.2 Å². The summed E-state index contributed by atoms with van der Waals surface area (Å²) in [6.07, 6.45) is 3.82. The predicted molar refractivity (Wildman–Crippen MR) is 54.9 cm³/mol. The van der Waals surface area contributed by atoms with E-state index in [0.29, 0.717) is 0 Å². The smallest absolute Gasteiger partial charge is 0.185 e. The summed E-state index contributed by atoms with van der Waals surface area (Å²) >= 11 is 0. The molecule has 0 atom stereocenters. The van der Waals surface area contributed by atoms with Crippen molar-refractivity contribution in [1.82, 2.24) is 0 Å². The van der Waals surface area contributed by atoms with Crippen molar-refractivity contribution in [1.29, 1.82) is 0 Å². The minimum Gasteiger partial charge on any atom is -0.386 e. The van der Waals surface area contributed by atoms with E-state index in [2.05, 4.69) is 42.2 Å². The first-order valence-electron chi connectivity index (χ1n) is 4.70. The van der Waals surface area contributed by atoms with Crippen LogP contribution in [0.4, 0.5) is 5.69 Å². The van der Waals surface area contributed by atoms with Crippen molar-refractivity contribution >= 4 is 12.4 Å². The van der Waals surface area contributed by atoms with Crippen LogP contribution in [0.5, 0.6) is 0 Å². The third-order valence-corrected chi connectivity index (χ3v) is 2.66. The Hall–Kier alpha value is -0.915. The Kier molecular flexibility index (Phi) is 2.07. The molecule has 1 aliphatic heterocycles. The van der Waals surface area contributed by atoms with Crippen LogP contribution in [-0.4, -0.2) is 19.6 Å². The summed E-state index contributed by atoms with van der Waals surface area (Å²) in [7, 11) is 0. The van der Waals surface area contributed by atoms with Gasteiger partial charge in [0.2, 0.25) is 0 Å². The van der Waals surface area contributed by atoms with Crippen LogP contribution in [0.15, 0.2) is 30.3 Å². The van der Waals surface area contributed by atoms with Gasteiger partial charge in [-0.1, -0.05) is 31.4 Å². The summed E-state index contributed by atoms with van der Waals surface area (Å²) in [6, 6.07) is 10.7. The fourth-order valence-electron chi connectivity index (χ4n) is 1.68. The summed E-state index contributed by atoms with van der Waals surface area (Å²) in [5, 5.41) is 0. The fraction of sp³-hybridized carbons (Fsp3) is 0.400. The third-order valence-electron chi connectivity index (χ3n) is 2.66. The van der Waals surface area contributed by atoms with Gasteiger partial charge in [-0.2, -0.15) is 0 Å². The monoisotopic (exact) mass is 159 g/mol. The van der Waals surface area contributed by atoms with Crippen molar-refractivity contribution in [3.05, 3.63) is 30.3 Å². The molecule has 0 aromatic heterocycles. The number of nitrogens with zero attached hydrogens (tertiary/aromatic N) is 1. The zero-order chi connectivity index (χ0) is 8.39. The maximum Gasteiger partial charge on any atom is 0.185 e. The molecule has 12 heavy (non-hydrogen) atoms. The number of anilines is 1. The van der Waals surface area contributed by atoms with Gasteiger partial charge in [0.05, 0.1) is 0 Å². The van der Waals surface area contributed by atoms with Gasteiger partial charge in [-0.3, -0.25) is 0 Å². The molecule has 2 heteroatoms. The molecule has 0 unspecified atom stereocenters. The normalized spacial score (nSPS) is 16.1. The zero-order valence-electron chi connectivity index (χ0n) is 7.53. The molecule has 0 aliphatic carbocycles. The average Bonchev–Trinajstić information content (AvgIpc) is 2.04. The van der Waals surface area contributed by atoms with E-state index in [1.807, 2.05) is 0 Å². The van der Waals surface area contributed by atoms with E-state index in [0.717, 1.165) is 6.71 Å². The Morgan fingerprint density at radius 2 is 1.92 bits per heavy atom. The summed E-state index contributed by atoms with van der Waals surface area (Å²) < 4.78 is 0. The number of benzene rings is 1. The lowest BCUT2D eigenvalue weighted by Crippen LogP contribution is -2.54. The summed E-state index contributed by atoms with van der Waals surface area (Å²) in [6.45, 7) is 3.21. The second-order valence-electron chi connectivity index (χ2n) is 3.51. The highest BCUT2D eigenvalue weighted by atomic mass is 15.1. The van der Waals surface area contributed by atoms with Crippen LogP contribution in [0.1, 0.15) is 6.92 Å². The molecule has 0 saturated carbocycles. The molecular formula is C10H14BN. The van der Waals surface area contributed by atoms with Crippen molar-refractivity contribution in [3.8, 4) is 0 Å². The van der Waals surface area contributed by atoms with E-state index >= 15 is 0 Å². The highest BCUT2D eigenvalue weighted by molar-refractivity contribution is 6.64. The molecule has 1 fully saturated rings. The topological polar surface area (TPSA) is 3.24 Å². The Morgan fingerprint density at radius 1 is 1.25 bits per heavy atom. The molecule has 0 N–H and O–H groups in total. The average molecular weight is 159 g/mol. The second-order valence-corrected chi connectivity index (χ2v) is 3.51. The van der Waals surface area contributed by atoms with Crippen LogP contribution in [0.3, 0.4) is 0 Å². The van der Waals surface area contributed by atoms with Crippen molar-refractivity contribution in [2.75, 3.05) is 17.8 Å². The molecule has 1 nitrogen and oxygen atoms in total. The van der Waals surface area contributed by atoms with E-state index in [9.17, 15) is 0 Å². The molecule has 0 spiro atoms. The second kappa shape index (κ2) is 3.22. The maximum absolute atomic E-state index is 2.44. The van der Waals surface area contributed by atoms with Gasteiger partial charge in [-0.25, -0.2) is 0 Å². The molecule has 1 saturated heterocycles. The Bertz CT molecular complexity index is 241. The van der Waals surface area contributed by atoms with E-state index in [4.69, 9.17) is 0 Å². The minimum absolute atomic E-state index is 0.935. The Balaban J connectivity index is 1.97. The van der Waals surface area contributed by atoms with E-state index < -0.39 is 0 Å². The molecule has 2 rings (SSSR count). The molecule has 62 valence electrons. The lowest BCUT2D eigenvalue weighted by atomic mass is 9.41. The number of hydrogen-bond acceptors (Lipinski definition) is 1. The first-order chi connectivity index (χ1) is 5.90. The summed E-state index contributed by atoms with van der Waals surface area (Å²) in [5.41, 5.74) is 1.38. The van der Waals surface area contributed by atoms with Crippen LogP contribution in [0.2, 0.25) is 6.32 Å². The van der Waals surface area contributed by atoms with Gasteiger partial charge >= 0.3 is 0 Å². The van der Waals surface area contributed by atoms with Gasteiger partial charge in [-0.05, 0) is 25.0 Å². The largest absolute Gasteiger partial charge is 0.386 e. The lowest BCUT2D eigenvalue weighted by molar-refractivity contribution is 0.919. The lowest BCUT2D eigenvalue weighted by Gasteiger charge is -2.39. The Morgan fingerprint density at radius 3 is 2.50 bits per heavy atom. The van der Waals surface area contributed by atoms with E-state index in [1.165, 1.54) is 24.9 Å². The van der Waals surface area contributed by atoms with Crippen LogP contribution in [0.25, 0.3) is 0 Å². The third kappa shape index (κ3) is 1.34. The number of rotatable bonds is 2. The van der Waals surface area contributed by atoms with Crippen LogP contribution >= 0.6 is 0 Å². The molecular weight excluding hydrogens is 145 g/mol. The summed E-state index contributed by atoms with van der Waals surface area (Å²) in [5.74, 6) is 0. The molecule has 1 aliphatic rings. The number of para-hydroxylation sites is 1. The predicted octanol–water partition coefficient (Wildman–Crippen LogP) is 2.10. The first kappa shape index (κ1) is 7.72. The molecule has 1 aromatic rings. The van der Waals surface area contributed by atoms with Gasteiger partial charge in [0.15, 0.2) is 6.71 Å². The first-order valence-corrected chi connectivity index (χ1v) is 4.70. The van der Waals surface area contributed by atoms with Gasteiger partial charge < -0.3 is 4.90 Å². The SMILES string of the molecule is CCB1CN(c2ccccc2)C1. The van der Waals surface area contributed by atoms with Crippen molar-refractivity contribution in [3.63, 3.8) is 0 Å². The zero-order valence-corrected chi connectivity index (χ0v) is 7.53. The summed E-state index contributed by atoms with van der Waals surface area (Å²) in [4.78, 5) is 2.44. The van der Waals surface area contributed by atoms with Crippen molar-refractivity contribution in [2.24, 2.45) is 0 Å². The van der Waals surface area contributed by atoms with Crippen LogP contribution in [0, 0.1) is 0 Å². The van der Waals surface area contributed by atoms with Crippen LogP contribution < -0.4 is 4.90 Å². The van der Waals surface area contributed by atoms with Gasteiger partial charge in [0, 0.05) is 5.69 Å². The number of hydrogen-bond donors (Lipinski definition) is 0.